The zero-order chi connectivity index (χ0) is 28.5. The average Bonchev–Trinajstić information content (AvgIpc) is 3.19. The SMILES string of the molecule is C[C@@H]1CC[C@H](C)N1c1nc(-c2cc(F)cc(OCC(C)(C)C)c2)ccc1C(=O)NS(=O)(=O)c1ccc[nH]c1=O. The van der Waals surface area contributed by atoms with Crippen LogP contribution in [0, 0.1) is 11.2 Å². The second kappa shape index (κ2) is 10.8. The van der Waals surface area contributed by atoms with E-state index in [0.29, 0.717) is 23.6 Å². The predicted molar refractivity (Wildman–Crippen MR) is 147 cm³/mol. The van der Waals surface area contributed by atoms with Crippen molar-refractivity contribution in [2.45, 2.75) is 64.4 Å². The molecule has 1 saturated heterocycles. The van der Waals surface area contributed by atoms with E-state index in [1.807, 2.05) is 44.2 Å². The molecule has 0 unspecified atom stereocenters. The van der Waals surface area contributed by atoms with E-state index >= 15 is 0 Å². The van der Waals surface area contributed by atoms with Crippen molar-refractivity contribution in [1.82, 2.24) is 14.7 Å². The summed E-state index contributed by atoms with van der Waals surface area (Å²) in [6.45, 7) is 10.4. The van der Waals surface area contributed by atoms with Crippen molar-refractivity contribution in [3.8, 4) is 17.0 Å². The Morgan fingerprint density at radius 2 is 1.85 bits per heavy atom. The van der Waals surface area contributed by atoms with Gasteiger partial charge in [-0.1, -0.05) is 20.8 Å². The Balaban J connectivity index is 1.75. The summed E-state index contributed by atoms with van der Waals surface area (Å²) in [5.74, 6) is -0.788. The monoisotopic (exact) mass is 556 g/mol. The van der Waals surface area contributed by atoms with Gasteiger partial charge in [-0.2, -0.15) is 0 Å². The van der Waals surface area contributed by atoms with Crippen LogP contribution >= 0.6 is 0 Å². The molecule has 208 valence electrons. The molecule has 1 aliphatic rings. The number of aromatic amines is 1. The zero-order valence-corrected chi connectivity index (χ0v) is 23.4. The number of benzene rings is 1. The Hall–Kier alpha value is -3.73. The van der Waals surface area contributed by atoms with Gasteiger partial charge in [-0.25, -0.2) is 22.5 Å². The number of anilines is 1. The molecule has 0 bridgehead atoms. The summed E-state index contributed by atoms with van der Waals surface area (Å²) in [4.78, 5) is 33.8. The minimum absolute atomic E-state index is 0.0240. The third-order valence-corrected chi connectivity index (χ3v) is 7.81. The van der Waals surface area contributed by atoms with Crippen molar-refractivity contribution >= 4 is 21.7 Å². The fraction of sp³-hybridized carbons (Fsp3) is 0.393. The van der Waals surface area contributed by atoms with Gasteiger partial charge >= 0.3 is 0 Å². The van der Waals surface area contributed by atoms with Crippen LogP contribution in [0.25, 0.3) is 11.3 Å². The summed E-state index contributed by atoms with van der Waals surface area (Å²) in [6, 6.07) is 9.85. The highest BCUT2D eigenvalue weighted by atomic mass is 32.2. The topological polar surface area (TPSA) is 121 Å². The highest BCUT2D eigenvalue weighted by Crippen LogP contribution is 2.34. The average molecular weight is 557 g/mol. The molecule has 4 rings (SSSR count). The quantitative estimate of drug-likeness (QED) is 0.440. The molecule has 9 nitrogen and oxygen atoms in total. The normalized spacial score (nSPS) is 17.7. The second-order valence-electron chi connectivity index (χ2n) is 11.1. The van der Waals surface area contributed by atoms with Gasteiger partial charge in [-0.05, 0) is 68.5 Å². The van der Waals surface area contributed by atoms with Crippen LogP contribution in [0.3, 0.4) is 0 Å². The number of aromatic nitrogens is 2. The molecule has 3 aromatic rings. The number of ether oxygens (including phenoxy) is 1. The molecular formula is C28H33FN4O5S. The fourth-order valence-corrected chi connectivity index (χ4v) is 5.56. The third-order valence-electron chi connectivity index (χ3n) is 6.45. The van der Waals surface area contributed by atoms with E-state index in [2.05, 4.69) is 4.98 Å². The third kappa shape index (κ3) is 6.47. The Bertz CT molecular complexity index is 1540. The number of rotatable bonds is 7. The molecule has 11 heteroatoms. The maximum atomic E-state index is 14.6. The van der Waals surface area contributed by atoms with E-state index in [1.54, 1.807) is 6.07 Å². The van der Waals surface area contributed by atoms with Crippen molar-refractivity contribution in [3.05, 3.63) is 70.4 Å². The standard InChI is InChI=1S/C28H33FN4O5S/c1-17-8-9-18(2)33(17)25-22(26(34)32-39(36,37)24-7-6-12-30-27(24)35)10-11-23(31-25)19-13-20(29)15-21(14-19)38-16-28(3,4)5/h6-7,10-15,17-18H,8-9,16H2,1-5H3,(H,30,35)(H,32,34)/t17-,18+. The lowest BCUT2D eigenvalue weighted by molar-refractivity contribution is 0.0981. The number of carbonyl (C=O) groups is 1. The number of amides is 1. The number of pyridine rings is 2. The van der Waals surface area contributed by atoms with Crippen LogP contribution in [0.5, 0.6) is 5.75 Å². The van der Waals surface area contributed by atoms with Gasteiger partial charge in [0.1, 0.15) is 17.4 Å². The first-order valence-electron chi connectivity index (χ1n) is 12.7. The van der Waals surface area contributed by atoms with Crippen molar-refractivity contribution in [2.75, 3.05) is 11.5 Å². The number of hydrogen-bond acceptors (Lipinski definition) is 7. The molecule has 0 radical (unpaired) electrons. The van der Waals surface area contributed by atoms with E-state index in [0.717, 1.165) is 18.9 Å². The molecule has 1 aliphatic heterocycles. The molecule has 3 heterocycles. The lowest BCUT2D eigenvalue weighted by Crippen LogP contribution is -2.38. The van der Waals surface area contributed by atoms with E-state index in [9.17, 15) is 22.4 Å². The van der Waals surface area contributed by atoms with Crippen LogP contribution in [0.4, 0.5) is 10.2 Å². The number of H-pyrrole nitrogens is 1. The molecule has 2 N–H and O–H groups in total. The minimum atomic E-state index is -4.45. The molecular weight excluding hydrogens is 523 g/mol. The fourth-order valence-electron chi connectivity index (χ4n) is 4.54. The maximum Gasteiger partial charge on any atom is 0.269 e. The Morgan fingerprint density at radius 3 is 2.49 bits per heavy atom. The predicted octanol–water partition coefficient (Wildman–Crippen LogP) is 4.50. The summed E-state index contributed by atoms with van der Waals surface area (Å²) >= 11 is 0. The Labute approximate surface area is 227 Å². The van der Waals surface area contributed by atoms with Gasteiger partial charge < -0.3 is 14.6 Å². The molecule has 0 aliphatic carbocycles. The highest BCUT2D eigenvalue weighted by Gasteiger charge is 2.33. The van der Waals surface area contributed by atoms with Gasteiger partial charge in [0.2, 0.25) is 0 Å². The van der Waals surface area contributed by atoms with Crippen LogP contribution < -0.4 is 19.9 Å². The van der Waals surface area contributed by atoms with E-state index < -0.39 is 32.2 Å². The van der Waals surface area contributed by atoms with Crippen molar-refractivity contribution < 1.29 is 22.3 Å². The molecule has 39 heavy (non-hydrogen) atoms. The van der Waals surface area contributed by atoms with Crippen LogP contribution in [-0.4, -0.2) is 43.0 Å². The largest absolute Gasteiger partial charge is 0.493 e. The summed E-state index contributed by atoms with van der Waals surface area (Å²) in [5.41, 5.74) is -0.0925. The molecule has 0 saturated carbocycles. The minimum Gasteiger partial charge on any atom is -0.493 e. The number of nitrogens with one attached hydrogen (secondary N) is 2. The molecule has 2 atom stereocenters. The summed E-state index contributed by atoms with van der Waals surface area (Å²) < 4.78 is 48.1. The van der Waals surface area contributed by atoms with Gasteiger partial charge in [0, 0.05) is 29.9 Å². The van der Waals surface area contributed by atoms with E-state index in [4.69, 9.17) is 9.72 Å². The molecule has 1 aromatic carbocycles. The van der Waals surface area contributed by atoms with Crippen molar-refractivity contribution in [1.29, 1.82) is 0 Å². The van der Waals surface area contributed by atoms with Gasteiger partial charge in [-0.15, -0.1) is 0 Å². The molecule has 1 amide bonds. The summed E-state index contributed by atoms with van der Waals surface area (Å²) in [7, 11) is -4.45. The smallest absolute Gasteiger partial charge is 0.269 e. The van der Waals surface area contributed by atoms with Crippen LogP contribution in [0.2, 0.25) is 0 Å². The molecule has 2 aromatic heterocycles. The molecule has 0 spiro atoms. The Morgan fingerprint density at radius 1 is 1.15 bits per heavy atom. The number of carbonyl (C=O) groups excluding carboxylic acids is 1. The van der Waals surface area contributed by atoms with Crippen molar-refractivity contribution in [3.63, 3.8) is 0 Å². The van der Waals surface area contributed by atoms with Crippen LogP contribution in [0.1, 0.15) is 57.8 Å². The molecule has 1 fully saturated rings. The van der Waals surface area contributed by atoms with E-state index in [-0.39, 0.29) is 28.9 Å². The van der Waals surface area contributed by atoms with Gasteiger partial charge in [0.05, 0.1) is 17.9 Å². The zero-order valence-electron chi connectivity index (χ0n) is 22.6. The number of halogens is 1. The van der Waals surface area contributed by atoms with Crippen molar-refractivity contribution in [2.24, 2.45) is 5.41 Å². The van der Waals surface area contributed by atoms with Gasteiger partial charge in [0.15, 0.2) is 4.90 Å². The maximum absolute atomic E-state index is 14.6. The summed E-state index contributed by atoms with van der Waals surface area (Å²) in [6.07, 6.45) is 3.01. The van der Waals surface area contributed by atoms with Gasteiger partial charge in [-0.3, -0.25) is 9.59 Å². The first kappa shape index (κ1) is 28.3. The number of sulfonamides is 1. The lowest BCUT2D eigenvalue weighted by Gasteiger charge is -2.29. The number of nitrogens with zero attached hydrogens (tertiary/aromatic N) is 2. The van der Waals surface area contributed by atoms with Crippen LogP contribution in [-0.2, 0) is 10.0 Å². The first-order valence-corrected chi connectivity index (χ1v) is 14.2. The van der Waals surface area contributed by atoms with Gasteiger partial charge in [0.25, 0.3) is 21.5 Å². The Kier molecular flexibility index (Phi) is 7.83. The van der Waals surface area contributed by atoms with E-state index in [1.165, 1.54) is 36.5 Å². The number of hydrogen-bond donors (Lipinski definition) is 2. The lowest BCUT2D eigenvalue weighted by atomic mass is 9.99. The summed E-state index contributed by atoms with van der Waals surface area (Å²) in [5, 5.41) is 0. The second-order valence-corrected chi connectivity index (χ2v) is 12.7. The highest BCUT2D eigenvalue weighted by molar-refractivity contribution is 7.90. The first-order chi connectivity index (χ1) is 18.2. The van der Waals surface area contributed by atoms with Crippen LogP contribution in [0.15, 0.2) is 58.4 Å².